The zero-order chi connectivity index (χ0) is 18.6. The minimum absolute atomic E-state index is 0.168. The Morgan fingerprint density at radius 3 is 3.07 bits per heavy atom. The minimum Gasteiger partial charge on any atom is -0.481 e. The van der Waals surface area contributed by atoms with Crippen LogP contribution in [0.2, 0.25) is 0 Å². The van der Waals surface area contributed by atoms with Crippen LogP contribution in [0.5, 0.6) is 17.2 Å². The van der Waals surface area contributed by atoms with E-state index in [9.17, 15) is 4.79 Å². The van der Waals surface area contributed by atoms with Crippen LogP contribution in [-0.2, 0) is 11.2 Å². The maximum absolute atomic E-state index is 12.2. The van der Waals surface area contributed by atoms with Crippen molar-refractivity contribution in [2.75, 3.05) is 13.3 Å². The van der Waals surface area contributed by atoms with Crippen molar-refractivity contribution in [1.82, 2.24) is 19.9 Å². The molecular weight excluding hydrogens is 348 g/mol. The Balaban J connectivity index is 1.24. The first-order valence-electron chi connectivity index (χ1n) is 8.83. The van der Waals surface area contributed by atoms with E-state index in [1.807, 2.05) is 28.8 Å². The molecule has 1 atom stereocenters. The first-order chi connectivity index (χ1) is 13.2. The molecule has 1 aromatic carbocycles. The fourth-order valence-electron chi connectivity index (χ4n) is 2.87. The lowest BCUT2D eigenvalue weighted by atomic mass is 10.2. The van der Waals surface area contributed by atoms with E-state index < -0.39 is 6.10 Å². The van der Waals surface area contributed by atoms with Crippen LogP contribution in [0.15, 0.2) is 42.6 Å². The predicted octanol–water partition coefficient (Wildman–Crippen LogP) is 1.97. The smallest absolute Gasteiger partial charge is 0.260 e. The molecule has 0 spiro atoms. The molecule has 8 nitrogen and oxygen atoms in total. The molecule has 2 aromatic heterocycles. The van der Waals surface area contributed by atoms with Gasteiger partial charge in [0.1, 0.15) is 11.6 Å². The number of ether oxygens (including phenoxy) is 3. The Kier molecular flexibility index (Phi) is 4.78. The average molecular weight is 368 g/mol. The van der Waals surface area contributed by atoms with Gasteiger partial charge in [-0.05, 0) is 37.6 Å². The molecule has 1 amide bonds. The second-order valence-electron chi connectivity index (χ2n) is 6.21. The molecule has 8 heteroatoms. The molecule has 0 fully saturated rings. The van der Waals surface area contributed by atoms with Gasteiger partial charge in [-0.25, -0.2) is 0 Å². The molecule has 0 saturated heterocycles. The molecule has 140 valence electrons. The number of aromatic nitrogens is 3. The summed E-state index contributed by atoms with van der Waals surface area (Å²) in [5, 5.41) is 11.2. The zero-order valence-electron chi connectivity index (χ0n) is 14.9. The molecule has 0 unspecified atom stereocenters. The van der Waals surface area contributed by atoms with Gasteiger partial charge in [0.25, 0.3) is 5.91 Å². The van der Waals surface area contributed by atoms with E-state index in [0.29, 0.717) is 23.8 Å². The lowest BCUT2D eigenvalue weighted by molar-refractivity contribution is -0.127. The Labute approximate surface area is 156 Å². The van der Waals surface area contributed by atoms with Crippen LogP contribution < -0.4 is 19.5 Å². The summed E-state index contributed by atoms with van der Waals surface area (Å²) in [6, 6.07) is 11.0. The second kappa shape index (κ2) is 7.53. The summed E-state index contributed by atoms with van der Waals surface area (Å²) >= 11 is 0. The molecule has 0 aliphatic carbocycles. The quantitative estimate of drug-likeness (QED) is 0.642. The monoisotopic (exact) mass is 368 g/mol. The molecule has 0 saturated carbocycles. The Bertz CT molecular complexity index is 956. The first kappa shape index (κ1) is 17.1. The van der Waals surface area contributed by atoms with Crippen molar-refractivity contribution in [3.05, 3.63) is 48.4 Å². The molecule has 0 radical (unpaired) electrons. The lowest BCUT2D eigenvalue weighted by Crippen LogP contribution is -2.37. The highest BCUT2D eigenvalue weighted by molar-refractivity contribution is 5.80. The third-order valence-electron chi connectivity index (χ3n) is 4.29. The molecule has 4 rings (SSSR count). The van der Waals surface area contributed by atoms with Crippen LogP contribution >= 0.6 is 0 Å². The van der Waals surface area contributed by atoms with Crippen LogP contribution in [0, 0.1) is 0 Å². The third-order valence-corrected chi connectivity index (χ3v) is 4.29. The summed E-state index contributed by atoms with van der Waals surface area (Å²) in [7, 11) is 0. The number of carbonyl (C=O) groups excluding carboxylic acids is 1. The average Bonchev–Trinajstić information content (AvgIpc) is 3.31. The number of rotatable bonds is 7. The fraction of sp³-hybridized carbons (Fsp3) is 0.316. The zero-order valence-corrected chi connectivity index (χ0v) is 14.9. The number of nitrogens with zero attached hydrogens (tertiary/aromatic N) is 3. The topological polar surface area (TPSA) is 87.0 Å². The van der Waals surface area contributed by atoms with Gasteiger partial charge in [-0.2, -0.15) is 0 Å². The van der Waals surface area contributed by atoms with Crippen LogP contribution in [0.25, 0.3) is 5.65 Å². The number of hydrogen-bond acceptors (Lipinski definition) is 6. The van der Waals surface area contributed by atoms with Crippen molar-refractivity contribution >= 4 is 11.6 Å². The minimum atomic E-state index is -0.612. The van der Waals surface area contributed by atoms with Gasteiger partial charge in [-0.15, -0.1) is 10.2 Å². The van der Waals surface area contributed by atoms with E-state index in [-0.39, 0.29) is 12.7 Å². The van der Waals surface area contributed by atoms with Gasteiger partial charge in [0.15, 0.2) is 23.3 Å². The summed E-state index contributed by atoms with van der Waals surface area (Å²) in [6.07, 6.45) is 2.81. The van der Waals surface area contributed by atoms with E-state index in [4.69, 9.17) is 14.2 Å². The van der Waals surface area contributed by atoms with Crippen LogP contribution in [-0.4, -0.2) is 39.9 Å². The summed E-state index contributed by atoms with van der Waals surface area (Å²) in [5.41, 5.74) is 0.822. The number of carbonyl (C=O) groups is 1. The Hall–Kier alpha value is -3.29. The number of benzene rings is 1. The van der Waals surface area contributed by atoms with E-state index >= 15 is 0 Å². The number of hydrogen-bond donors (Lipinski definition) is 1. The van der Waals surface area contributed by atoms with Gasteiger partial charge in [-0.3, -0.25) is 9.20 Å². The molecule has 1 aliphatic rings. The van der Waals surface area contributed by atoms with Gasteiger partial charge >= 0.3 is 0 Å². The van der Waals surface area contributed by atoms with Crippen molar-refractivity contribution in [3.63, 3.8) is 0 Å². The molecule has 1 aliphatic heterocycles. The van der Waals surface area contributed by atoms with Crippen LogP contribution in [0.1, 0.15) is 19.2 Å². The molecule has 0 bridgehead atoms. The second-order valence-corrected chi connectivity index (χ2v) is 6.21. The third kappa shape index (κ3) is 3.79. The highest BCUT2D eigenvalue weighted by Crippen LogP contribution is 2.35. The number of nitrogens with one attached hydrogen (secondary N) is 1. The number of aryl methyl sites for hydroxylation is 1. The fourth-order valence-corrected chi connectivity index (χ4v) is 2.87. The van der Waals surface area contributed by atoms with Crippen LogP contribution in [0.4, 0.5) is 0 Å². The van der Waals surface area contributed by atoms with Gasteiger partial charge in [0, 0.05) is 25.2 Å². The summed E-state index contributed by atoms with van der Waals surface area (Å²) in [6.45, 7) is 2.46. The SMILES string of the molecule is C[C@@H](Oc1ccc2c(c1)OCO2)C(=O)NCCCc1nnc2ccccn12. The van der Waals surface area contributed by atoms with E-state index in [1.54, 1.807) is 25.1 Å². The number of fused-ring (bicyclic) bond motifs is 2. The highest BCUT2D eigenvalue weighted by atomic mass is 16.7. The number of amides is 1. The molecule has 3 heterocycles. The molecule has 1 N–H and O–H groups in total. The molecular formula is C19H20N4O4. The summed E-state index contributed by atoms with van der Waals surface area (Å²) in [4.78, 5) is 12.2. The predicted molar refractivity (Wildman–Crippen MR) is 97.0 cm³/mol. The standard InChI is InChI=1S/C19H20N4O4/c1-13(27-14-7-8-15-16(11-14)26-12-25-15)19(24)20-9-4-6-18-22-21-17-5-2-3-10-23(17)18/h2-3,5,7-8,10-11,13H,4,6,9,12H2,1H3,(H,20,24)/t13-/m1/s1. The van der Waals surface area contributed by atoms with Gasteiger partial charge in [0.2, 0.25) is 6.79 Å². The largest absolute Gasteiger partial charge is 0.481 e. The normalized spacial score (nSPS) is 13.5. The molecule has 3 aromatic rings. The van der Waals surface area contributed by atoms with Crippen molar-refractivity contribution in [2.24, 2.45) is 0 Å². The van der Waals surface area contributed by atoms with Crippen LogP contribution in [0.3, 0.4) is 0 Å². The lowest BCUT2D eigenvalue weighted by Gasteiger charge is -2.15. The van der Waals surface area contributed by atoms with Gasteiger partial charge in [-0.1, -0.05) is 6.07 Å². The van der Waals surface area contributed by atoms with Crippen molar-refractivity contribution < 1.29 is 19.0 Å². The molecule has 27 heavy (non-hydrogen) atoms. The first-order valence-corrected chi connectivity index (χ1v) is 8.83. The maximum atomic E-state index is 12.2. The Morgan fingerprint density at radius 1 is 1.26 bits per heavy atom. The van der Waals surface area contributed by atoms with E-state index in [2.05, 4.69) is 15.5 Å². The Morgan fingerprint density at radius 2 is 2.15 bits per heavy atom. The highest BCUT2D eigenvalue weighted by Gasteiger charge is 2.18. The maximum Gasteiger partial charge on any atom is 0.260 e. The number of pyridine rings is 1. The summed E-state index contributed by atoms with van der Waals surface area (Å²) < 4.78 is 18.2. The summed E-state index contributed by atoms with van der Waals surface area (Å²) in [5.74, 6) is 2.58. The van der Waals surface area contributed by atoms with E-state index in [0.717, 1.165) is 24.3 Å². The van der Waals surface area contributed by atoms with Crippen molar-refractivity contribution in [3.8, 4) is 17.2 Å². The van der Waals surface area contributed by atoms with Gasteiger partial charge in [0.05, 0.1) is 0 Å². The van der Waals surface area contributed by atoms with E-state index in [1.165, 1.54) is 0 Å². The van der Waals surface area contributed by atoms with Crippen molar-refractivity contribution in [2.45, 2.75) is 25.9 Å². The van der Waals surface area contributed by atoms with Gasteiger partial charge < -0.3 is 19.5 Å². The van der Waals surface area contributed by atoms with Crippen molar-refractivity contribution in [1.29, 1.82) is 0 Å².